The van der Waals surface area contributed by atoms with Gasteiger partial charge in [-0.05, 0) is 61.9 Å². The molecular formula is C18H27NO2. The average molecular weight is 289 g/mol. The van der Waals surface area contributed by atoms with Gasteiger partial charge in [-0.25, -0.2) is 0 Å². The molecule has 5 aliphatic rings. The molecule has 0 aromatic carbocycles. The zero-order valence-corrected chi connectivity index (χ0v) is 12.9. The van der Waals surface area contributed by atoms with Gasteiger partial charge in [0.2, 0.25) is 0 Å². The molecule has 0 aromatic rings. The second-order valence-electron chi connectivity index (χ2n) is 7.75. The topological polar surface area (TPSA) is 41.5 Å². The fourth-order valence-electron chi connectivity index (χ4n) is 5.50. The Hall–Kier alpha value is -0.640. The molecule has 3 nitrogen and oxygen atoms in total. The second-order valence-corrected chi connectivity index (χ2v) is 7.75. The summed E-state index contributed by atoms with van der Waals surface area (Å²) >= 11 is 0. The van der Waals surface area contributed by atoms with Crippen LogP contribution in [0.25, 0.3) is 0 Å². The number of hydrogen-bond acceptors (Lipinski definition) is 3. The van der Waals surface area contributed by atoms with E-state index in [0.717, 1.165) is 38.1 Å². The van der Waals surface area contributed by atoms with E-state index >= 15 is 0 Å². The molecule has 0 aliphatic heterocycles. The Balaban J connectivity index is 1.36. The number of methoxy groups -OCH3 is 1. The van der Waals surface area contributed by atoms with Gasteiger partial charge in [-0.1, -0.05) is 18.2 Å². The van der Waals surface area contributed by atoms with Crippen LogP contribution in [0.2, 0.25) is 0 Å². The molecule has 21 heavy (non-hydrogen) atoms. The molecule has 4 bridgehead atoms. The van der Waals surface area contributed by atoms with E-state index in [0.29, 0.717) is 17.9 Å². The molecule has 0 aromatic heterocycles. The molecule has 3 heteroatoms. The molecule has 2 N–H and O–H groups in total. The highest BCUT2D eigenvalue weighted by atomic mass is 16.5. The standard InChI is InChI=1S/C18H27NO2/c1-21-16-4-2-12(3-5-16)11-19-17-14-6-13-7-15(17)10-18(20,8-13)9-14/h2-4,13-17,19-20H,5-11H2,1H3. The lowest BCUT2D eigenvalue weighted by atomic mass is 9.52. The zero-order valence-electron chi connectivity index (χ0n) is 12.9. The molecular weight excluding hydrogens is 262 g/mol. The third-order valence-electron chi connectivity index (χ3n) is 6.22. The molecule has 0 spiro atoms. The minimum atomic E-state index is -0.315. The van der Waals surface area contributed by atoms with Crippen LogP contribution in [-0.4, -0.2) is 36.5 Å². The number of aliphatic hydroxyl groups is 1. The Labute approximate surface area is 127 Å². The van der Waals surface area contributed by atoms with E-state index < -0.39 is 0 Å². The summed E-state index contributed by atoms with van der Waals surface area (Å²) in [6.07, 6.45) is 13.7. The largest absolute Gasteiger partial charge is 0.390 e. The van der Waals surface area contributed by atoms with Gasteiger partial charge in [-0.2, -0.15) is 0 Å². The maximum atomic E-state index is 10.6. The van der Waals surface area contributed by atoms with Crippen molar-refractivity contribution in [3.05, 3.63) is 23.8 Å². The molecule has 0 heterocycles. The third-order valence-corrected chi connectivity index (χ3v) is 6.22. The summed E-state index contributed by atoms with van der Waals surface area (Å²) in [6, 6.07) is 0.622. The molecule has 0 amide bonds. The van der Waals surface area contributed by atoms with Gasteiger partial charge in [0.15, 0.2) is 0 Å². The van der Waals surface area contributed by atoms with E-state index in [1.165, 1.54) is 18.4 Å². The van der Waals surface area contributed by atoms with Gasteiger partial charge in [0.1, 0.15) is 0 Å². The summed E-state index contributed by atoms with van der Waals surface area (Å²) in [4.78, 5) is 0. The molecule has 116 valence electrons. The van der Waals surface area contributed by atoms with Crippen LogP contribution in [-0.2, 0) is 4.74 Å². The normalized spacial score (nSPS) is 47.7. The van der Waals surface area contributed by atoms with Crippen LogP contribution < -0.4 is 5.32 Å². The molecule has 0 radical (unpaired) electrons. The van der Waals surface area contributed by atoms with Crippen LogP contribution in [0.5, 0.6) is 0 Å². The van der Waals surface area contributed by atoms with Crippen molar-refractivity contribution >= 4 is 0 Å². The predicted molar refractivity (Wildman–Crippen MR) is 82.9 cm³/mol. The minimum Gasteiger partial charge on any atom is -0.390 e. The summed E-state index contributed by atoms with van der Waals surface area (Å²) in [5.41, 5.74) is 1.07. The highest BCUT2D eigenvalue weighted by Crippen LogP contribution is 2.55. The van der Waals surface area contributed by atoms with Crippen molar-refractivity contribution in [2.75, 3.05) is 13.7 Å². The second kappa shape index (κ2) is 5.22. The highest BCUT2D eigenvalue weighted by Gasteiger charge is 2.54. The fraction of sp³-hybridized carbons (Fsp3) is 0.778. The maximum Gasteiger partial charge on any atom is 0.0789 e. The Morgan fingerprint density at radius 1 is 1.29 bits per heavy atom. The number of ether oxygens (including phenoxy) is 1. The Bertz CT molecular complexity index is 454. The Morgan fingerprint density at radius 2 is 2.05 bits per heavy atom. The van der Waals surface area contributed by atoms with Crippen LogP contribution in [0.1, 0.15) is 38.5 Å². The first-order chi connectivity index (χ1) is 10.1. The summed E-state index contributed by atoms with van der Waals surface area (Å²) in [5.74, 6) is 2.18. The van der Waals surface area contributed by atoms with Crippen LogP contribution in [0.15, 0.2) is 23.8 Å². The number of nitrogens with one attached hydrogen (secondary N) is 1. The van der Waals surface area contributed by atoms with E-state index in [1.54, 1.807) is 7.11 Å². The Kier molecular flexibility index (Phi) is 3.48. The van der Waals surface area contributed by atoms with Crippen LogP contribution >= 0.6 is 0 Å². The lowest BCUT2D eigenvalue weighted by molar-refractivity contribution is -0.138. The average Bonchev–Trinajstić information content (AvgIpc) is 2.45. The minimum absolute atomic E-state index is 0.254. The van der Waals surface area contributed by atoms with E-state index in [-0.39, 0.29) is 11.7 Å². The third kappa shape index (κ3) is 2.60. The van der Waals surface area contributed by atoms with Crippen molar-refractivity contribution < 1.29 is 9.84 Å². The van der Waals surface area contributed by atoms with Gasteiger partial charge in [0, 0.05) is 19.7 Å². The first-order valence-electron chi connectivity index (χ1n) is 8.51. The smallest absolute Gasteiger partial charge is 0.0789 e. The van der Waals surface area contributed by atoms with Crippen LogP contribution in [0, 0.1) is 17.8 Å². The summed E-state index contributed by atoms with van der Waals surface area (Å²) < 4.78 is 5.34. The maximum absolute atomic E-state index is 10.6. The van der Waals surface area contributed by atoms with E-state index in [2.05, 4.69) is 23.5 Å². The zero-order chi connectivity index (χ0) is 14.4. The quantitative estimate of drug-likeness (QED) is 0.835. The molecule has 3 unspecified atom stereocenters. The molecule has 3 atom stereocenters. The van der Waals surface area contributed by atoms with Crippen LogP contribution in [0.3, 0.4) is 0 Å². The van der Waals surface area contributed by atoms with Gasteiger partial charge >= 0.3 is 0 Å². The van der Waals surface area contributed by atoms with Gasteiger partial charge < -0.3 is 15.2 Å². The van der Waals surface area contributed by atoms with Crippen molar-refractivity contribution in [1.29, 1.82) is 0 Å². The summed E-state index contributed by atoms with van der Waals surface area (Å²) in [7, 11) is 1.77. The monoisotopic (exact) mass is 289 g/mol. The first-order valence-corrected chi connectivity index (χ1v) is 8.51. The van der Waals surface area contributed by atoms with Gasteiger partial charge in [-0.15, -0.1) is 0 Å². The molecule has 5 aliphatic carbocycles. The SMILES string of the molecule is COC1C=CC(CNC2C3CC4CC2CC(O)(C4)C3)=CC1. The van der Waals surface area contributed by atoms with Gasteiger partial charge in [-0.3, -0.25) is 0 Å². The van der Waals surface area contributed by atoms with Gasteiger partial charge in [0.05, 0.1) is 11.7 Å². The molecule has 4 fully saturated rings. The van der Waals surface area contributed by atoms with Gasteiger partial charge in [0.25, 0.3) is 0 Å². The van der Waals surface area contributed by atoms with E-state index in [9.17, 15) is 5.11 Å². The molecule has 4 saturated carbocycles. The number of rotatable bonds is 4. The first kappa shape index (κ1) is 14.0. The Morgan fingerprint density at radius 3 is 2.62 bits per heavy atom. The summed E-state index contributed by atoms with van der Waals surface area (Å²) in [6.45, 7) is 0.966. The van der Waals surface area contributed by atoms with Crippen molar-refractivity contribution in [2.24, 2.45) is 17.8 Å². The number of hydrogen-bond donors (Lipinski definition) is 2. The van der Waals surface area contributed by atoms with E-state index in [4.69, 9.17) is 4.74 Å². The lowest BCUT2D eigenvalue weighted by Crippen LogP contribution is -2.61. The molecule has 5 rings (SSSR count). The lowest BCUT2D eigenvalue weighted by Gasteiger charge is -2.58. The van der Waals surface area contributed by atoms with Crippen LogP contribution in [0.4, 0.5) is 0 Å². The molecule has 0 saturated heterocycles. The highest BCUT2D eigenvalue weighted by molar-refractivity contribution is 5.26. The van der Waals surface area contributed by atoms with Crippen molar-refractivity contribution in [3.8, 4) is 0 Å². The summed E-state index contributed by atoms with van der Waals surface area (Å²) in [5, 5.41) is 14.4. The van der Waals surface area contributed by atoms with Crippen molar-refractivity contribution in [2.45, 2.75) is 56.3 Å². The fourth-order valence-corrected chi connectivity index (χ4v) is 5.50. The predicted octanol–water partition coefficient (Wildman–Crippen LogP) is 2.42. The van der Waals surface area contributed by atoms with Crippen molar-refractivity contribution in [3.63, 3.8) is 0 Å². The van der Waals surface area contributed by atoms with Crippen molar-refractivity contribution in [1.82, 2.24) is 5.32 Å². The van der Waals surface area contributed by atoms with E-state index in [1.807, 2.05) is 0 Å².